The molecule has 132 valence electrons. The third-order valence-electron chi connectivity index (χ3n) is 3.51. The maximum atomic E-state index is 11.9. The van der Waals surface area contributed by atoms with Crippen molar-refractivity contribution >= 4 is 17.6 Å². The molecule has 6 heteroatoms. The molecule has 0 radical (unpaired) electrons. The van der Waals surface area contributed by atoms with E-state index < -0.39 is 0 Å². The topological polar surface area (TPSA) is 79.5 Å². The molecule has 2 aromatic carbocycles. The fourth-order valence-electron chi connectivity index (χ4n) is 2.22. The van der Waals surface area contributed by atoms with E-state index in [9.17, 15) is 9.59 Å². The van der Waals surface area contributed by atoms with Crippen molar-refractivity contribution in [3.05, 3.63) is 65.2 Å². The van der Waals surface area contributed by atoms with Crippen molar-refractivity contribution in [2.24, 2.45) is 0 Å². The summed E-state index contributed by atoms with van der Waals surface area (Å²) in [6.07, 6.45) is 0. The number of ether oxygens (including phenoxy) is 1. The van der Waals surface area contributed by atoms with Crippen LogP contribution in [-0.4, -0.2) is 25.7 Å². The van der Waals surface area contributed by atoms with Crippen molar-refractivity contribution in [1.29, 1.82) is 0 Å². The molecule has 0 aliphatic carbocycles. The van der Waals surface area contributed by atoms with E-state index in [0.29, 0.717) is 18.8 Å². The van der Waals surface area contributed by atoms with E-state index in [1.54, 1.807) is 6.07 Å². The minimum absolute atomic E-state index is 0.00386. The molecule has 0 aliphatic heterocycles. The Morgan fingerprint density at radius 2 is 1.64 bits per heavy atom. The number of anilines is 1. The van der Waals surface area contributed by atoms with Gasteiger partial charge in [-0.15, -0.1) is 0 Å². The normalized spacial score (nSPS) is 10.2. The number of aryl methyl sites for hydroxylation is 1. The van der Waals surface area contributed by atoms with E-state index in [1.165, 1.54) is 12.7 Å². The number of benzene rings is 2. The number of hydrogen-bond acceptors (Lipinski definition) is 3. The van der Waals surface area contributed by atoms with Crippen LogP contribution in [0.1, 0.15) is 16.7 Å². The molecule has 0 atom stereocenters. The van der Waals surface area contributed by atoms with Crippen LogP contribution in [0.15, 0.2) is 48.5 Å². The summed E-state index contributed by atoms with van der Waals surface area (Å²) in [5, 5.41) is 8.34. The molecule has 0 saturated carbocycles. The molecule has 0 unspecified atom stereocenters. The first kappa shape index (κ1) is 18.5. The molecule has 6 nitrogen and oxygen atoms in total. The Labute approximate surface area is 147 Å². The van der Waals surface area contributed by atoms with Gasteiger partial charge in [0.15, 0.2) is 0 Å². The summed E-state index contributed by atoms with van der Waals surface area (Å²) < 4.78 is 4.78. The first-order valence-electron chi connectivity index (χ1n) is 8.02. The summed E-state index contributed by atoms with van der Waals surface area (Å²) in [6.45, 7) is 2.87. The number of amides is 3. The Bertz CT molecular complexity index is 714. The lowest BCUT2D eigenvalue weighted by atomic mass is 10.1. The van der Waals surface area contributed by atoms with Gasteiger partial charge in [0.2, 0.25) is 5.91 Å². The van der Waals surface area contributed by atoms with Crippen LogP contribution in [-0.2, 0) is 22.6 Å². The van der Waals surface area contributed by atoms with E-state index in [0.717, 1.165) is 11.1 Å². The number of nitrogens with one attached hydrogen (secondary N) is 3. The number of carbonyl (C=O) groups is 2. The Balaban J connectivity index is 1.79. The second-order valence-corrected chi connectivity index (χ2v) is 5.70. The maximum absolute atomic E-state index is 11.9. The largest absolute Gasteiger partial charge is 0.375 e. The Kier molecular flexibility index (Phi) is 6.98. The number of urea groups is 1. The smallest absolute Gasteiger partial charge is 0.315 e. The molecule has 0 bridgehead atoms. The monoisotopic (exact) mass is 341 g/mol. The summed E-state index contributed by atoms with van der Waals surface area (Å²) >= 11 is 0. The van der Waals surface area contributed by atoms with Gasteiger partial charge in [0.05, 0.1) is 0 Å². The lowest BCUT2D eigenvalue weighted by Gasteiger charge is -2.10. The molecule has 0 aromatic heterocycles. The minimum Gasteiger partial charge on any atom is -0.375 e. The van der Waals surface area contributed by atoms with Crippen molar-refractivity contribution in [2.45, 2.75) is 20.0 Å². The highest BCUT2D eigenvalue weighted by molar-refractivity contribution is 5.91. The van der Waals surface area contributed by atoms with Crippen LogP contribution in [0.5, 0.6) is 0 Å². The second-order valence-electron chi connectivity index (χ2n) is 5.70. The number of methoxy groups -OCH3 is 1. The van der Waals surface area contributed by atoms with Gasteiger partial charge in [-0.2, -0.15) is 0 Å². The molecule has 0 spiro atoms. The number of rotatable bonds is 7. The van der Waals surface area contributed by atoms with Gasteiger partial charge in [0.1, 0.15) is 6.61 Å². The summed E-state index contributed by atoms with van der Waals surface area (Å²) in [5.74, 6) is -0.219. The average Bonchev–Trinajstić information content (AvgIpc) is 2.60. The first-order chi connectivity index (χ1) is 12.1. The Morgan fingerprint density at radius 1 is 0.960 bits per heavy atom. The van der Waals surface area contributed by atoms with Crippen molar-refractivity contribution in [3.63, 3.8) is 0 Å². The zero-order chi connectivity index (χ0) is 18.1. The van der Waals surface area contributed by atoms with E-state index in [1.807, 2.05) is 49.4 Å². The van der Waals surface area contributed by atoms with Gasteiger partial charge in [-0.25, -0.2) is 4.79 Å². The highest BCUT2D eigenvalue weighted by atomic mass is 16.5. The first-order valence-corrected chi connectivity index (χ1v) is 8.02. The second kappa shape index (κ2) is 9.44. The van der Waals surface area contributed by atoms with Crippen LogP contribution in [0.4, 0.5) is 10.5 Å². The molecular formula is C19H23N3O3. The van der Waals surface area contributed by atoms with Gasteiger partial charge >= 0.3 is 6.03 Å². The quantitative estimate of drug-likeness (QED) is 0.724. The minimum atomic E-state index is -0.241. The molecule has 0 fully saturated rings. The Morgan fingerprint density at radius 3 is 2.32 bits per heavy atom. The van der Waals surface area contributed by atoms with E-state index in [4.69, 9.17) is 4.74 Å². The van der Waals surface area contributed by atoms with Crippen molar-refractivity contribution in [2.75, 3.05) is 19.0 Å². The van der Waals surface area contributed by atoms with Gasteiger partial charge < -0.3 is 20.7 Å². The van der Waals surface area contributed by atoms with Gasteiger partial charge in [-0.1, -0.05) is 42.0 Å². The fraction of sp³-hybridized carbons (Fsp3) is 0.263. The summed E-state index contributed by atoms with van der Waals surface area (Å²) in [6, 6.07) is 15.1. The number of carbonyl (C=O) groups excluding carboxylic acids is 2. The summed E-state index contributed by atoms with van der Waals surface area (Å²) in [7, 11) is 1.47. The van der Waals surface area contributed by atoms with Crippen LogP contribution >= 0.6 is 0 Å². The van der Waals surface area contributed by atoms with Gasteiger partial charge in [0, 0.05) is 25.9 Å². The van der Waals surface area contributed by atoms with Crippen LogP contribution in [0.25, 0.3) is 0 Å². The van der Waals surface area contributed by atoms with Crippen LogP contribution in [0.3, 0.4) is 0 Å². The average molecular weight is 341 g/mol. The maximum Gasteiger partial charge on any atom is 0.315 e. The van der Waals surface area contributed by atoms with E-state index >= 15 is 0 Å². The van der Waals surface area contributed by atoms with Crippen LogP contribution < -0.4 is 16.0 Å². The third kappa shape index (κ3) is 6.64. The molecule has 0 saturated heterocycles. The standard InChI is InChI=1S/C19H23N3O3/c1-14-6-8-15(9-7-14)11-20-19(24)21-12-16-4-3-5-17(10-16)22-18(23)13-25-2/h3-10H,11-13H2,1-2H3,(H,22,23)(H2,20,21,24). The molecule has 3 N–H and O–H groups in total. The highest BCUT2D eigenvalue weighted by Gasteiger charge is 2.04. The molecule has 3 amide bonds. The fourth-order valence-corrected chi connectivity index (χ4v) is 2.22. The van der Waals surface area contributed by atoms with Crippen molar-refractivity contribution in [3.8, 4) is 0 Å². The lowest BCUT2D eigenvalue weighted by Crippen LogP contribution is -2.34. The predicted molar refractivity (Wildman–Crippen MR) is 97.2 cm³/mol. The zero-order valence-corrected chi connectivity index (χ0v) is 14.5. The third-order valence-corrected chi connectivity index (χ3v) is 3.51. The molecule has 2 aromatic rings. The highest BCUT2D eigenvalue weighted by Crippen LogP contribution is 2.10. The summed E-state index contributed by atoms with van der Waals surface area (Å²) in [4.78, 5) is 23.4. The van der Waals surface area contributed by atoms with Gasteiger partial charge in [0.25, 0.3) is 0 Å². The molecule has 2 rings (SSSR count). The van der Waals surface area contributed by atoms with Gasteiger partial charge in [-0.05, 0) is 30.2 Å². The van der Waals surface area contributed by atoms with E-state index in [2.05, 4.69) is 16.0 Å². The Hall–Kier alpha value is -2.86. The predicted octanol–water partition coefficient (Wildman–Crippen LogP) is 2.58. The van der Waals surface area contributed by atoms with Gasteiger partial charge in [-0.3, -0.25) is 4.79 Å². The molecule has 0 heterocycles. The lowest BCUT2D eigenvalue weighted by molar-refractivity contribution is -0.119. The zero-order valence-electron chi connectivity index (χ0n) is 14.5. The van der Waals surface area contributed by atoms with Crippen LogP contribution in [0.2, 0.25) is 0 Å². The van der Waals surface area contributed by atoms with Crippen LogP contribution in [0, 0.1) is 6.92 Å². The SMILES string of the molecule is COCC(=O)Nc1cccc(CNC(=O)NCc2ccc(C)cc2)c1. The van der Waals surface area contributed by atoms with Crippen molar-refractivity contribution in [1.82, 2.24) is 10.6 Å². The number of hydrogen-bond donors (Lipinski definition) is 3. The molecule has 0 aliphatic rings. The molecular weight excluding hydrogens is 318 g/mol. The van der Waals surface area contributed by atoms with E-state index in [-0.39, 0.29) is 18.5 Å². The molecule has 25 heavy (non-hydrogen) atoms. The van der Waals surface area contributed by atoms with Crippen molar-refractivity contribution < 1.29 is 14.3 Å². The summed E-state index contributed by atoms with van der Waals surface area (Å²) in [5.41, 5.74) is 3.79.